The molecule has 5 heteroatoms. The van der Waals surface area contributed by atoms with Crippen LogP contribution in [0.4, 0.5) is 0 Å². The fourth-order valence-electron chi connectivity index (χ4n) is 2.17. The molecule has 0 aliphatic carbocycles. The Balaban J connectivity index is 2.08. The average molecular weight is 281 g/mol. The minimum atomic E-state index is 0.0890. The van der Waals surface area contributed by atoms with Gasteiger partial charge in [0.25, 0.3) is 0 Å². The number of halogens is 2. The first-order valence-electron chi connectivity index (χ1n) is 5.66. The number of hydrogen-bond acceptors (Lipinski definition) is 3. The molecule has 18 heavy (non-hydrogen) atoms. The van der Waals surface area contributed by atoms with E-state index in [9.17, 15) is 0 Å². The van der Waals surface area contributed by atoms with Crippen molar-refractivity contribution in [1.29, 1.82) is 0 Å². The number of fused-ring (bicyclic) bond motifs is 1. The molecule has 1 atom stereocenters. The van der Waals surface area contributed by atoms with Crippen molar-refractivity contribution in [2.45, 2.75) is 12.3 Å². The summed E-state index contributed by atoms with van der Waals surface area (Å²) in [5, 5.41) is 0.739. The second-order valence-corrected chi connectivity index (χ2v) is 4.87. The molecule has 1 aliphatic heterocycles. The second kappa shape index (κ2) is 4.75. The van der Waals surface area contributed by atoms with Gasteiger partial charge in [0, 0.05) is 11.6 Å². The normalized spacial score (nSPS) is 18.0. The smallest absolute Gasteiger partial charge is 0.139 e. The van der Waals surface area contributed by atoms with E-state index in [4.69, 9.17) is 27.9 Å². The SMILES string of the molecule is Clc1cc(Cl)nc(C2CCOc3ccccc32)n1. The highest BCUT2D eigenvalue weighted by Crippen LogP contribution is 2.36. The number of hydrogen-bond donors (Lipinski definition) is 0. The predicted molar refractivity (Wildman–Crippen MR) is 70.4 cm³/mol. The van der Waals surface area contributed by atoms with Gasteiger partial charge in [0.15, 0.2) is 0 Å². The fourth-order valence-corrected chi connectivity index (χ4v) is 2.61. The van der Waals surface area contributed by atoms with Gasteiger partial charge in [-0.15, -0.1) is 0 Å². The lowest BCUT2D eigenvalue weighted by Gasteiger charge is -2.24. The van der Waals surface area contributed by atoms with Gasteiger partial charge in [0.1, 0.15) is 21.9 Å². The van der Waals surface area contributed by atoms with Crippen LogP contribution < -0.4 is 4.74 Å². The predicted octanol–water partition coefficient (Wildman–Crippen LogP) is 3.70. The molecular formula is C13H10Cl2N2O. The Hall–Kier alpha value is -1.32. The van der Waals surface area contributed by atoms with Gasteiger partial charge in [0.2, 0.25) is 0 Å². The quantitative estimate of drug-likeness (QED) is 0.747. The van der Waals surface area contributed by atoms with Crippen molar-refractivity contribution >= 4 is 23.2 Å². The zero-order valence-corrected chi connectivity index (χ0v) is 10.9. The van der Waals surface area contributed by atoms with E-state index in [1.165, 1.54) is 6.07 Å². The number of nitrogens with zero attached hydrogens (tertiary/aromatic N) is 2. The Labute approximate surface area is 115 Å². The first-order valence-corrected chi connectivity index (χ1v) is 6.41. The molecule has 3 nitrogen and oxygen atoms in total. The lowest BCUT2D eigenvalue weighted by atomic mass is 9.92. The zero-order chi connectivity index (χ0) is 12.5. The zero-order valence-electron chi connectivity index (χ0n) is 9.44. The van der Waals surface area contributed by atoms with Crippen LogP contribution in [-0.4, -0.2) is 16.6 Å². The van der Waals surface area contributed by atoms with Crippen LogP contribution in [0.5, 0.6) is 5.75 Å². The summed E-state index contributed by atoms with van der Waals surface area (Å²) in [6, 6.07) is 9.45. The Morgan fingerprint density at radius 3 is 2.61 bits per heavy atom. The van der Waals surface area contributed by atoms with E-state index in [0.29, 0.717) is 22.7 Å². The molecule has 0 saturated heterocycles. The lowest BCUT2D eigenvalue weighted by molar-refractivity contribution is 0.274. The summed E-state index contributed by atoms with van der Waals surface area (Å²) in [7, 11) is 0. The van der Waals surface area contributed by atoms with E-state index >= 15 is 0 Å². The van der Waals surface area contributed by atoms with Crippen molar-refractivity contribution in [2.24, 2.45) is 0 Å². The summed E-state index contributed by atoms with van der Waals surface area (Å²) in [5.41, 5.74) is 1.09. The molecule has 0 saturated carbocycles. The summed E-state index contributed by atoms with van der Waals surface area (Å²) in [5.74, 6) is 1.63. The van der Waals surface area contributed by atoms with Crippen molar-refractivity contribution in [3.05, 3.63) is 52.0 Å². The summed E-state index contributed by atoms with van der Waals surface area (Å²) in [6.07, 6.45) is 0.827. The van der Waals surface area contributed by atoms with Crippen LogP contribution in [0, 0.1) is 0 Å². The number of aromatic nitrogens is 2. The third-order valence-electron chi connectivity index (χ3n) is 2.95. The third kappa shape index (κ3) is 2.16. The topological polar surface area (TPSA) is 35.0 Å². The summed E-state index contributed by atoms with van der Waals surface area (Å²) in [6.45, 7) is 0.648. The van der Waals surface area contributed by atoms with Gasteiger partial charge in [-0.2, -0.15) is 0 Å². The number of ether oxygens (including phenoxy) is 1. The van der Waals surface area contributed by atoms with E-state index in [2.05, 4.69) is 9.97 Å². The van der Waals surface area contributed by atoms with Crippen molar-refractivity contribution in [3.8, 4) is 5.75 Å². The highest BCUT2D eigenvalue weighted by molar-refractivity contribution is 6.33. The van der Waals surface area contributed by atoms with Crippen LogP contribution in [0.2, 0.25) is 10.3 Å². The van der Waals surface area contributed by atoms with Gasteiger partial charge in [0.05, 0.1) is 12.5 Å². The van der Waals surface area contributed by atoms with E-state index in [0.717, 1.165) is 17.7 Å². The molecule has 1 unspecified atom stereocenters. The maximum Gasteiger partial charge on any atom is 0.139 e. The monoisotopic (exact) mass is 280 g/mol. The van der Waals surface area contributed by atoms with Gasteiger partial charge in [-0.3, -0.25) is 0 Å². The Bertz CT molecular complexity index is 569. The molecule has 0 N–H and O–H groups in total. The van der Waals surface area contributed by atoms with E-state index in [1.54, 1.807) is 0 Å². The van der Waals surface area contributed by atoms with E-state index in [-0.39, 0.29) is 5.92 Å². The minimum absolute atomic E-state index is 0.0890. The van der Waals surface area contributed by atoms with Crippen molar-refractivity contribution in [2.75, 3.05) is 6.61 Å². The maximum atomic E-state index is 5.93. The van der Waals surface area contributed by atoms with Gasteiger partial charge in [-0.25, -0.2) is 9.97 Å². The number of benzene rings is 1. The molecule has 0 radical (unpaired) electrons. The highest BCUT2D eigenvalue weighted by atomic mass is 35.5. The molecule has 1 aromatic heterocycles. The molecule has 0 spiro atoms. The lowest BCUT2D eigenvalue weighted by Crippen LogP contribution is -2.17. The fraction of sp³-hybridized carbons (Fsp3) is 0.231. The van der Waals surface area contributed by atoms with Crippen LogP contribution >= 0.6 is 23.2 Å². The maximum absolute atomic E-state index is 5.93. The minimum Gasteiger partial charge on any atom is -0.493 e. The highest BCUT2D eigenvalue weighted by Gasteiger charge is 2.25. The Morgan fingerprint density at radius 2 is 1.83 bits per heavy atom. The molecule has 92 valence electrons. The molecule has 1 aromatic carbocycles. The van der Waals surface area contributed by atoms with Crippen LogP contribution in [0.3, 0.4) is 0 Å². The number of para-hydroxylation sites is 1. The Kier molecular flexibility index (Phi) is 3.10. The van der Waals surface area contributed by atoms with Crippen molar-refractivity contribution < 1.29 is 4.74 Å². The summed E-state index contributed by atoms with van der Waals surface area (Å²) >= 11 is 11.9. The molecule has 2 heterocycles. The van der Waals surface area contributed by atoms with Crippen LogP contribution in [0.1, 0.15) is 23.7 Å². The number of rotatable bonds is 1. The van der Waals surface area contributed by atoms with Crippen LogP contribution in [-0.2, 0) is 0 Å². The first kappa shape index (κ1) is 11.8. The second-order valence-electron chi connectivity index (χ2n) is 4.10. The molecular weight excluding hydrogens is 271 g/mol. The molecule has 0 amide bonds. The van der Waals surface area contributed by atoms with Crippen LogP contribution in [0.25, 0.3) is 0 Å². The van der Waals surface area contributed by atoms with Gasteiger partial charge in [-0.1, -0.05) is 41.4 Å². The van der Waals surface area contributed by atoms with Crippen LogP contribution in [0.15, 0.2) is 30.3 Å². The van der Waals surface area contributed by atoms with Crippen molar-refractivity contribution in [3.63, 3.8) is 0 Å². The standard InChI is InChI=1S/C13H10Cl2N2O/c14-11-7-12(15)17-13(16-11)9-5-6-18-10-4-2-1-3-8(9)10/h1-4,7,9H,5-6H2. The van der Waals surface area contributed by atoms with E-state index < -0.39 is 0 Å². The third-order valence-corrected chi connectivity index (χ3v) is 3.34. The molecule has 2 aromatic rings. The molecule has 0 bridgehead atoms. The van der Waals surface area contributed by atoms with Gasteiger partial charge < -0.3 is 4.74 Å². The first-order chi connectivity index (χ1) is 8.74. The van der Waals surface area contributed by atoms with E-state index in [1.807, 2.05) is 24.3 Å². The largest absolute Gasteiger partial charge is 0.493 e. The molecule has 3 rings (SSSR count). The van der Waals surface area contributed by atoms with Gasteiger partial charge >= 0.3 is 0 Å². The van der Waals surface area contributed by atoms with Crippen molar-refractivity contribution in [1.82, 2.24) is 9.97 Å². The molecule has 0 fully saturated rings. The summed E-state index contributed by atoms with van der Waals surface area (Å²) in [4.78, 5) is 8.54. The Morgan fingerprint density at radius 1 is 1.11 bits per heavy atom. The van der Waals surface area contributed by atoms with Gasteiger partial charge in [-0.05, 0) is 12.5 Å². The average Bonchev–Trinajstić information content (AvgIpc) is 2.37. The summed E-state index contributed by atoms with van der Waals surface area (Å²) < 4.78 is 5.61. The molecule has 1 aliphatic rings.